The standard InChI is InChI=1S/C27H36N8O2S/c1-33(2)8-9-34(3)10-11-35(4)27(36)17-6-7-19-23(13-17)38-26-24(19)25(28-16-29-26)31-21-12-18-15-30-32-20(18)14-22(21)37-5/h12,14-17H,6-11,13H2,1-5H3,(H,30,32)(H,28,29,31). The molecule has 1 atom stereocenters. The Kier molecular flexibility index (Phi) is 7.78. The minimum absolute atomic E-state index is 0.000559. The average Bonchev–Trinajstić information content (AvgIpc) is 3.53. The molecule has 3 heterocycles. The number of rotatable bonds is 10. The van der Waals surface area contributed by atoms with Crippen molar-refractivity contribution in [3.8, 4) is 5.75 Å². The number of aromatic amines is 1. The van der Waals surface area contributed by atoms with E-state index < -0.39 is 0 Å². The van der Waals surface area contributed by atoms with Gasteiger partial charge in [-0.05, 0) is 52.0 Å². The Hall–Kier alpha value is -3.28. The second-order valence-corrected chi connectivity index (χ2v) is 11.4. The molecule has 10 nitrogen and oxygen atoms in total. The molecule has 0 aliphatic heterocycles. The minimum Gasteiger partial charge on any atom is -0.494 e. The number of hydrogen-bond acceptors (Lipinski definition) is 9. The molecule has 4 aromatic rings. The van der Waals surface area contributed by atoms with Gasteiger partial charge in [0.1, 0.15) is 22.7 Å². The van der Waals surface area contributed by atoms with Gasteiger partial charge in [0.25, 0.3) is 0 Å². The normalized spacial score (nSPS) is 15.4. The van der Waals surface area contributed by atoms with Gasteiger partial charge in [-0.15, -0.1) is 11.3 Å². The van der Waals surface area contributed by atoms with E-state index in [-0.39, 0.29) is 11.8 Å². The van der Waals surface area contributed by atoms with Gasteiger partial charge in [-0.3, -0.25) is 9.89 Å². The monoisotopic (exact) mass is 536 g/mol. The number of amides is 1. The molecule has 202 valence electrons. The molecule has 0 saturated carbocycles. The summed E-state index contributed by atoms with van der Waals surface area (Å²) in [4.78, 5) is 31.0. The number of H-pyrrole nitrogens is 1. The van der Waals surface area contributed by atoms with Gasteiger partial charge in [-0.2, -0.15) is 5.10 Å². The largest absolute Gasteiger partial charge is 0.494 e. The molecule has 0 radical (unpaired) electrons. The van der Waals surface area contributed by atoms with Crippen molar-refractivity contribution in [1.82, 2.24) is 34.9 Å². The summed E-state index contributed by atoms with van der Waals surface area (Å²) in [6.45, 7) is 3.61. The number of nitrogens with one attached hydrogen (secondary N) is 2. The second kappa shape index (κ2) is 11.2. The first-order chi connectivity index (χ1) is 18.3. The van der Waals surface area contributed by atoms with E-state index in [2.05, 4.69) is 56.4 Å². The van der Waals surface area contributed by atoms with Crippen LogP contribution in [0.1, 0.15) is 16.9 Å². The van der Waals surface area contributed by atoms with Crippen LogP contribution in [0.25, 0.3) is 21.1 Å². The first-order valence-corrected chi connectivity index (χ1v) is 13.8. The van der Waals surface area contributed by atoms with E-state index in [0.29, 0.717) is 5.75 Å². The number of aryl methyl sites for hydroxylation is 1. The van der Waals surface area contributed by atoms with Crippen molar-refractivity contribution in [2.24, 2.45) is 5.92 Å². The molecular weight excluding hydrogens is 500 g/mol. The van der Waals surface area contributed by atoms with Crippen molar-refractivity contribution < 1.29 is 9.53 Å². The van der Waals surface area contributed by atoms with E-state index >= 15 is 0 Å². The van der Waals surface area contributed by atoms with Crippen LogP contribution in [0.5, 0.6) is 5.75 Å². The van der Waals surface area contributed by atoms with E-state index in [1.807, 2.05) is 24.1 Å². The number of nitrogens with zero attached hydrogens (tertiary/aromatic N) is 6. The molecule has 1 unspecified atom stereocenters. The Labute approximate surface area is 227 Å². The van der Waals surface area contributed by atoms with Crippen LogP contribution in [0.2, 0.25) is 0 Å². The van der Waals surface area contributed by atoms with Crippen molar-refractivity contribution in [3.05, 3.63) is 35.1 Å². The molecule has 1 aromatic carbocycles. The third-order valence-electron chi connectivity index (χ3n) is 7.33. The van der Waals surface area contributed by atoms with Gasteiger partial charge in [0.05, 0.1) is 29.9 Å². The lowest BCUT2D eigenvalue weighted by molar-refractivity contribution is -0.134. The second-order valence-electron chi connectivity index (χ2n) is 10.3. The smallest absolute Gasteiger partial charge is 0.225 e. The first kappa shape index (κ1) is 26.3. The van der Waals surface area contributed by atoms with Crippen LogP contribution in [0.15, 0.2) is 24.7 Å². The summed E-state index contributed by atoms with van der Waals surface area (Å²) in [6, 6.07) is 3.94. The van der Waals surface area contributed by atoms with Crippen LogP contribution in [0.3, 0.4) is 0 Å². The lowest BCUT2D eigenvalue weighted by Crippen LogP contribution is -2.40. The average molecular weight is 537 g/mol. The van der Waals surface area contributed by atoms with Crippen molar-refractivity contribution >= 4 is 49.9 Å². The summed E-state index contributed by atoms with van der Waals surface area (Å²) in [5, 5.41) is 12.6. The number of hydrogen-bond donors (Lipinski definition) is 2. The topological polar surface area (TPSA) is 103 Å². The third-order valence-corrected chi connectivity index (χ3v) is 8.49. The fraction of sp³-hybridized carbons (Fsp3) is 0.481. The van der Waals surface area contributed by atoms with Gasteiger partial charge in [-0.25, -0.2) is 9.97 Å². The van der Waals surface area contributed by atoms with E-state index in [1.54, 1.807) is 31.0 Å². The van der Waals surface area contributed by atoms with Gasteiger partial charge in [0, 0.05) is 55.5 Å². The molecular formula is C27H36N8O2S. The van der Waals surface area contributed by atoms with Crippen LogP contribution >= 0.6 is 11.3 Å². The maximum absolute atomic E-state index is 13.3. The number of fused-ring (bicyclic) bond motifs is 4. The van der Waals surface area contributed by atoms with Gasteiger partial charge >= 0.3 is 0 Å². The highest BCUT2D eigenvalue weighted by Crippen LogP contribution is 2.41. The SMILES string of the molecule is COc1cc2[nH]ncc2cc1Nc1ncnc2sc3c(c12)CCC(C(=O)N(C)CCN(C)CCN(C)C)C3. The fourth-order valence-electron chi connectivity index (χ4n) is 5.01. The molecule has 5 rings (SSSR count). The molecule has 0 bridgehead atoms. The zero-order valence-electron chi connectivity index (χ0n) is 22.7. The number of ether oxygens (including phenoxy) is 1. The number of benzene rings is 1. The molecule has 1 aliphatic carbocycles. The number of methoxy groups -OCH3 is 1. The lowest BCUT2D eigenvalue weighted by atomic mass is 9.87. The molecule has 11 heteroatoms. The van der Waals surface area contributed by atoms with Crippen molar-refractivity contribution in [2.75, 3.05) is 66.8 Å². The maximum atomic E-state index is 13.3. The van der Waals surface area contributed by atoms with Crippen LogP contribution in [0, 0.1) is 5.92 Å². The van der Waals surface area contributed by atoms with Crippen LogP contribution < -0.4 is 10.1 Å². The number of likely N-dealkylation sites (N-methyl/N-ethyl adjacent to an activating group) is 3. The van der Waals surface area contributed by atoms with E-state index in [9.17, 15) is 4.79 Å². The lowest BCUT2D eigenvalue weighted by Gasteiger charge is -2.28. The number of carbonyl (C=O) groups excluding carboxylic acids is 1. The van der Waals surface area contributed by atoms with Crippen molar-refractivity contribution in [2.45, 2.75) is 19.3 Å². The molecule has 0 spiro atoms. The predicted molar refractivity (Wildman–Crippen MR) is 153 cm³/mol. The molecule has 3 aromatic heterocycles. The van der Waals surface area contributed by atoms with E-state index in [0.717, 1.165) is 78.1 Å². The van der Waals surface area contributed by atoms with Crippen molar-refractivity contribution in [1.29, 1.82) is 0 Å². The molecule has 0 fully saturated rings. The highest BCUT2D eigenvalue weighted by atomic mass is 32.1. The molecule has 0 saturated heterocycles. The molecule has 38 heavy (non-hydrogen) atoms. The third kappa shape index (κ3) is 5.45. The summed E-state index contributed by atoms with van der Waals surface area (Å²) in [6.07, 6.45) is 5.80. The number of aromatic nitrogens is 4. The Morgan fingerprint density at radius 2 is 1.97 bits per heavy atom. The predicted octanol–water partition coefficient (Wildman–Crippen LogP) is 3.38. The first-order valence-electron chi connectivity index (χ1n) is 13.0. The summed E-state index contributed by atoms with van der Waals surface area (Å²) in [5.74, 6) is 1.70. The summed E-state index contributed by atoms with van der Waals surface area (Å²) < 4.78 is 5.62. The summed E-state index contributed by atoms with van der Waals surface area (Å²) >= 11 is 1.68. The molecule has 1 amide bonds. The summed E-state index contributed by atoms with van der Waals surface area (Å²) in [5.41, 5.74) is 2.99. The fourth-order valence-corrected chi connectivity index (χ4v) is 6.27. The molecule has 2 N–H and O–H groups in total. The van der Waals surface area contributed by atoms with Crippen LogP contribution in [0.4, 0.5) is 11.5 Å². The Morgan fingerprint density at radius 3 is 2.76 bits per heavy atom. The van der Waals surface area contributed by atoms with Gasteiger partial charge in [0.2, 0.25) is 5.91 Å². The van der Waals surface area contributed by atoms with Crippen LogP contribution in [-0.2, 0) is 17.6 Å². The number of anilines is 2. The Morgan fingerprint density at radius 1 is 1.16 bits per heavy atom. The molecule has 1 aliphatic rings. The van der Waals surface area contributed by atoms with E-state index in [1.165, 1.54) is 10.4 Å². The van der Waals surface area contributed by atoms with Crippen molar-refractivity contribution in [3.63, 3.8) is 0 Å². The quantitative estimate of drug-likeness (QED) is 0.318. The van der Waals surface area contributed by atoms with E-state index in [4.69, 9.17) is 4.74 Å². The Bertz CT molecular complexity index is 1430. The highest BCUT2D eigenvalue weighted by molar-refractivity contribution is 7.19. The highest BCUT2D eigenvalue weighted by Gasteiger charge is 2.30. The minimum atomic E-state index is 0.000559. The van der Waals surface area contributed by atoms with Crippen LogP contribution in [-0.4, -0.2) is 102 Å². The maximum Gasteiger partial charge on any atom is 0.225 e. The van der Waals surface area contributed by atoms with Gasteiger partial charge in [-0.1, -0.05) is 0 Å². The summed E-state index contributed by atoms with van der Waals surface area (Å²) in [7, 11) is 9.86. The Balaban J connectivity index is 1.31. The zero-order chi connectivity index (χ0) is 26.8. The van der Waals surface area contributed by atoms with Gasteiger partial charge in [0.15, 0.2) is 0 Å². The zero-order valence-corrected chi connectivity index (χ0v) is 23.6. The van der Waals surface area contributed by atoms with Gasteiger partial charge < -0.3 is 24.8 Å². The number of thiophene rings is 1. The number of carbonyl (C=O) groups is 1.